The van der Waals surface area contributed by atoms with E-state index in [-0.39, 0.29) is 17.5 Å². The zero-order valence-electron chi connectivity index (χ0n) is 18.5. The Morgan fingerprint density at radius 2 is 1.59 bits per heavy atom. The van der Waals surface area contributed by atoms with Crippen molar-refractivity contribution >= 4 is 28.8 Å². The molecule has 4 rings (SSSR count). The molecule has 1 N–H and O–H groups in total. The maximum Gasteiger partial charge on any atom is 0.282 e. The third-order valence-electron chi connectivity index (χ3n) is 5.11. The summed E-state index contributed by atoms with van der Waals surface area (Å²) in [7, 11) is 0. The molecule has 0 aromatic heterocycles. The second kappa shape index (κ2) is 9.10. The molecule has 0 atom stereocenters. The number of rotatable bonds is 7. The van der Waals surface area contributed by atoms with Crippen LogP contribution >= 0.6 is 0 Å². The van der Waals surface area contributed by atoms with Gasteiger partial charge in [-0.3, -0.25) is 9.59 Å². The number of nitrogens with one attached hydrogen (secondary N) is 1. The van der Waals surface area contributed by atoms with Gasteiger partial charge in [0.05, 0.1) is 17.9 Å². The molecule has 32 heavy (non-hydrogen) atoms. The third-order valence-corrected chi connectivity index (χ3v) is 5.11. The topological polar surface area (TPSA) is 58.6 Å². The van der Waals surface area contributed by atoms with Crippen LogP contribution in [0.4, 0.5) is 11.4 Å². The van der Waals surface area contributed by atoms with Gasteiger partial charge in [0.15, 0.2) is 0 Å². The number of carbonyl (C=O) groups is 2. The number of aryl methyl sites for hydroxylation is 1. The fraction of sp³-hybridized carbons (Fsp3) is 0.185. The van der Waals surface area contributed by atoms with E-state index in [0.29, 0.717) is 35.1 Å². The Kier molecular flexibility index (Phi) is 6.08. The first-order valence-corrected chi connectivity index (χ1v) is 10.7. The molecule has 5 heteroatoms. The summed E-state index contributed by atoms with van der Waals surface area (Å²) in [5.41, 5.74) is 3.65. The number of carbonyl (C=O) groups excluding carboxylic acids is 2. The molecule has 1 heterocycles. The van der Waals surface area contributed by atoms with Crippen LogP contribution < -0.4 is 15.0 Å². The van der Waals surface area contributed by atoms with E-state index in [9.17, 15) is 9.59 Å². The van der Waals surface area contributed by atoms with E-state index in [2.05, 4.69) is 19.2 Å². The highest BCUT2D eigenvalue weighted by molar-refractivity contribution is 6.46. The number of hydrogen-bond acceptors (Lipinski definition) is 4. The third kappa shape index (κ3) is 4.42. The Morgan fingerprint density at radius 3 is 2.25 bits per heavy atom. The summed E-state index contributed by atoms with van der Waals surface area (Å²) in [6.07, 6.45) is 0. The minimum absolute atomic E-state index is 0.270. The molecule has 162 valence electrons. The average Bonchev–Trinajstić information content (AvgIpc) is 3.02. The largest absolute Gasteiger partial charge is 0.493 e. The van der Waals surface area contributed by atoms with Crippen molar-refractivity contribution in [3.8, 4) is 5.75 Å². The number of benzene rings is 3. The molecule has 0 radical (unpaired) electrons. The highest BCUT2D eigenvalue weighted by Gasteiger charge is 2.40. The normalized spacial score (nSPS) is 13.8. The van der Waals surface area contributed by atoms with Gasteiger partial charge in [0.1, 0.15) is 11.4 Å². The van der Waals surface area contributed by atoms with Crippen molar-refractivity contribution in [2.45, 2.75) is 20.8 Å². The van der Waals surface area contributed by atoms with Gasteiger partial charge in [0, 0.05) is 5.69 Å². The highest BCUT2D eigenvalue weighted by Crippen LogP contribution is 2.34. The van der Waals surface area contributed by atoms with Gasteiger partial charge in [-0.15, -0.1) is 0 Å². The predicted molar refractivity (Wildman–Crippen MR) is 127 cm³/mol. The number of imide groups is 1. The van der Waals surface area contributed by atoms with Crippen molar-refractivity contribution in [2.24, 2.45) is 5.92 Å². The monoisotopic (exact) mass is 426 g/mol. The smallest absolute Gasteiger partial charge is 0.282 e. The molecule has 3 aromatic rings. The van der Waals surface area contributed by atoms with Crippen LogP contribution in [0.25, 0.3) is 5.57 Å². The van der Waals surface area contributed by atoms with Gasteiger partial charge >= 0.3 is 0 Å². The first-order valence-electron chi connectivity index (χ1n) is 10.7. The van der Waals surface area contributed by atoms with Crippen LogP contribution in [0.2, 0.25) is 0 Å². The van der Waals surface area contributed by atoms with Gasteiger partial charge in [-0.05, 0) is 60.4 Å². The number of amides is 2. The molecule has 0 bridgehead atoms. The lowest BCUT2D eigenvalue weighted by Gasteiger charge is -2.16. The molecule has 3 aromatic carbocycles. The lowest BCUT2D eigenvalue weighted by Crippen LogP contribution is -2.32. The van der Waals surface area contributed by atoms with E-state index in [0.717, 1.165) is 11.3 Å². The lowest BCUT2D eigenvalue weighted by molar-refractivity contribution is -0.120. The van der Waals surface area contributed by atoms with Gasteiger partial charge in [0.25, 0.3) is 11.8 Å². The molecule has 5 nitrogen and oxygen atoms in total. The molecule has 0 aliphatic carbocycles. The molecule has 0 unspecified atom stereocenters. The molecule has 1 aliphatic heterocycles. The van der Waals surface area contributed by atoms with Crippen LogP contribution in [0.3, 0.4) is 0 Å². The van der Waals surface area contributed by atoms with Crippen molar-refractivity contribution in [3.05, 3.63) is 95.7 Å². The number of nitrogens with zero attached hydrogens (tertiary/aromatic N) is 1. The molecular formula is C27H26N2O3. The SMILES string of the molecule is Cc1cccc(NC2=C(c3ccccc3)C(=O)N(c3ccc(OCC(C)C)cc3)C2=O)c1. The maximum absolute atomic E-state index is 13.5. The van der Waals surface area contributed by atoms with E-state index in [1.165, 1.54) is 4.90 Å². The molecular weight excluding hydrogens is 400 g/mol. The molecule has 0 saturated carbocycles. The molecule has 0 saturated heterocycles. The number of ether oxygens (including phenoxy) is 1. The first kappa shape index (κ1) is 21.4. The molecule has 0 fully saturated rings. The van der Waals surface area contributed by atoms with E-state index >= 15 is 0 Å². The minimum atomic E-state index is -0.383. The van der Waals surface area contributed by atoms with Crippen molar-refractivity contribution in [1.29, 1.82) is 0 Å². The molecule has 1 aliphatic rings. The quantitative estimate of drug-likeness (QED) is 0.512. The van der Waals surface area contributed by atoms with Crippen LogP contribution in [-0.2, 0) is 9.59 Å². The van der Waals surface area contributed by atoms with Gasteiger partial charge in [-0.1, -0.05) is 56.3 Å². The van der Waals surface area contributed by atoms with Gasteiger partial charge < -0.3 is 10.1 Å². The standard InChI is InChI=1S/C27H26N2O3/c1-18(2)17-32-23-14-12-22(13-15-23)29-26(30)24(20-9-5-4-6-10-20)25(27(29)31)28-21-11-7-8-19(3)16-21/h4-16,18,28H,17H2,1-3H3. The maximum atomic E-state index is 13.5. The Morgan fingerprint density at radius 1 is 0.875 bits per heavy atom. The van der Waals surface area contributed by atoms with E-state index in [1.54, 1.807) is 24.3 Å². The van der Waals surface area contributed by atoms with Gasteiger partial charge in [-0.2, -0.15) is 0 Å². The van der Waals surface area contributed by atoms with Crippen LogP contribution in [-0.4, -0.2) is 18.4 Å². The van der Waals surface area contributed by atoms with Crippen LogP contribution in [0, 0.1) is 12.8 Å². The average molecular weight is 427 g/mol. The Labute approximate surface area is 188 Å². The van der Waals surface area contributed by atoms with Gasteiger partial charge in [0.2, 0.25) is 0 Å². The van der Waals surface area contributed by atoms with E-state index < -0.39 is 0 Å². The molecule has 0 spiro atoms. The van der Waals surface area contributed by atoms with Crippen LogP contribution in [0.1, 0.15) is 25.0 Å². The van der Waals surface area contributed by atoms with Crippen molar-refractivity contribution < 1.29 is 14.3 Å². The summed E-state index contributed by atoms with van der Waals surface area (Å²) in [6.45, 7) is 6.74. The first-order chi connectivity index (χ1) is 15.4. The summed E-state index contributed by atoms with van der Waals surface area (Å²) in [5.74, 6) is 0.374. The van der Waals surface area contributed by atoms with Gasteiger partial charge in [-0.25, -0.2) is 4.90 Å². The van der Waals surface area contributed by atoms with E-state index in [1.807, 2.05) is 61.5 Å². The van der Waals surface area contributed by atoms with Crippen molar-refractivity contribution in [3.63, 3.8) is 0 Å². The minimum Gasteiger partial charge on any atom is -0.493 e. The fourth-order valence-corrected chi connectivity index (χ4v) is 3.57. The lowest BCUT2D eigenvalue weighted by atomic mass is 10.0. The summed E-state index contributed by atoms with van der Waals surface area (Å²) < 4.78 is 5.73. The Balaban J connectivity index is 1.69. The van der Waals surface area contributed by atoms with E-state index in [4.69, 9.17) is 4.74 Å². The Bertz CT molecular complexity index is 1170. The number of anilines is 2. The Hall–Kier alpha value is -3.86. The highest BCUT2D eigenvalue weighted by atomic mass is 16.5. The summed E-state index contributed by atoms with van der Waals surface area (Å²) in [6, 6.07) is 24.0. The fourth-order valence-electron chi connectivity index (χ4n) is 3.57. The van der Waals surface area contributed by atoms with Crippen molar-refractivity contribution in [2.75, 3.05) is 16.8 Å². The summed E-state index contributed by atoms with van der Waals surface area (Å²) in [4.78, 5) is 28.1. The second-order valence-electron chi connectivity index (χ2n) is 8.25. The molecule has 2 amide bonds. The zero-order chi connectivity index (χ0) is 22.7. The second-order valence-corrected chi connectivity index (χ2v) is 8.25. The van der Waals surface area contributed by atoms with Crippen molar-refractivity contribution in [1.82, 2.24) is 0 Å². The summed E-state index contributed by atoms with van der Waals surface area (Å²) in [5, 5.41) is 3.20. The predicted octanol–water partition coefficient (Wildman–Crippen LogP) is 5.43. The van der Waals surface area contributed by atoms with Crippen LogP contribution in [0.15, 0.2) is 84.6 Å². The zero-order valence-corrected chi connectivity index (χ0v) is 18.5. The van der Waals surface area contributed by atoms with Crippen LogP contribution in [0.5, 0.6) is 5.75 Å². The number of hydrogen-bond donors (Lipinski definition) is 1. The summed E-state index contributed by atoms with van der Waals surface area (Å²) >= 11 is 0.